The zero-order chi connectivity index (χ0) is 18.4. The topological polar surface area (TPSA) is 96.4 Å². The zero-order valence-corrected chi connectivity index (χ0v) is 15.1. The van der Waals surface area contributed by atoms with Crippen LogP contribution in [0.25, 0.3) is 22.6 Å². The Labute approximate surface area is 156 Å². The summed E-state index contributed by atoms with van der Waals surface area (Å²) in [6.07, 6.45) is 8.02. The minimum absolute atomic E-state index is 0.113. The van der Waals surface area contributed by atoms with Crippen LogP contribution in [0.1, 0.15) is 36.9 Å². The fourth-order valence-electron chi connectivity index (χ4n) is 4.32. The summed E-state index contributed by atoms with van der Waals surface area (Å²) in [6, 6.07) is 6.11. The molecule has 1 aromatic carbocycles. The first kappa shape index (κ1) is 16.1. The van der Waals surface area contributed by atoms with E-state index in [0.717, 1.165) is 59.6 Å². The van der Waals surface area contributed by atoms with Crippen molar-refractivity contribution in [1.29, 1.82) is 0 Å². The van der Waals surface area contributed by atoms with E-state index >= 15 is 0 Å². The molecule has 7 heteroatoms. The first-order valence-corrected chi connectivity index (χ1v) is 9.29. The SMILES string of the molecule is Cc1cc(-c2ncn[nH]2)ccc1-c1cnc2c(n1)CC1(CCCC1)C(=O)N2. The van der Waals surface area contributed by atoms with Gasteiger partial charge in [-0.2, -0.15) is 5.10 Å². The number of anilines is 1. The van der Waals surface area contributed by atoms with Crippen molar-refractivity contribution in [2.45, 2.75) is 39.0 Å². The highest BCUT2D eigenvalue weighted by Crippen LogP contribution is 2.45. The number of carbonyl (C=O) groups is 1. The summed E-state index contributed by atoms with van der Waals surface area (Å²) in [5, 5.41) is 9.77. The Morgan fingerprint density at radius 3 is 2.74 bits per heavy atom. The molecule has 1 amide bonds. The molecule has 1 fully saturated rings. The lowest BCUT2D eigenvalue weighted by atomic mass is 9.78. The Morgan fingerprint density at radius 2 is 2.00 bits per heavy atom. The Balaban J connectivity index is 1.51. The van der Waals surface area contributed by atoms with E-state index in [4.69, 9.17) is 4.98 Å². The van der Waals surface area contributed by atoms with E-state index in [1.807, 2.05) is 12.1 Å². The van der Waals surface area contributed by atoms with E-state index < -0.39 is 0 Å². The van der Waals surface area contributed by atoms with Gasteiger partial charge in [-0.15, -0.1) is 0 Å². The summed E-state index contributed by atoms with van der Waals surface area (Å²) in [5.74, 6) is 1.46. The van der Waals surface area contributed by atoms with Gasteiger partial charge in [-0.25, -0.2) is 15.0 Å². The van der Waals surface area contributed by atoms with Gasteiger partial charge in [-0.3, -0.25) is 9.89 Å². The van der Waals surface area contributed by atoms with Crippen LogP contribution in [-0.4, -0.2) is 31.1 Å². The molecule has 0 radical (unpaired) electrons. The van der Waals surface area contributed by atoms with Crippen LogP contribution in [0.4, 0.5) is 5.82 Å². The van der Waals surface area contributed by atoms with Crippen molar-refractivity contribution in [2.24, 2.45) is 5.41 Å². The van der Waals surface area contributed by atoms with Crippen LogP contribution >= 0.6 is 0 Å². The lowest BCUT2D eigenvalue weighted by molar-refractivity contribution is -0.125. The molecule has 1 saturated carbocycles. The van der Waals surface area contributed by atoms with Gasteiger partial charge in [0.05, 0.1) is 23.0 Å². The molecule has 3 aromatic rings. The molecule has 2 N–H and O–H groups in total. The number of nitrogens with one attached hydrogen (secondary N) is 2. The Bertz CT molecular complexity index is 1020. The average molecular weight is 360 g/mol. The molecule has 2 aliphatic rings. The van der Waals surface area contributed by atoms with Gasteiger partial charge in [0.1, 0.15) is 6.33 Å². The second-order valence-corrected chi connectivity index (χ2v) is 7.53. The van der Waals surface area contributed by atoms with Crippen molar-refractivity contribution in [3.63, 3.8) is 0 Å². The molecule has 5 rings (SSSR count). The standard InChI is InChI=1S/C20H20N6O/c1-12-8-13(17-22-11-23-26-17)4-5-14(12)16-10-21-18-15(24-16)9-20(19(27)25-18)6-2-3-7-20/h4-5,8,10-11H,2-3,6-7,9H2,1H3,(H,21,25,27)(H,22,23,26). The highest BCUT2D eigenvalue weighted by molar-refractivity contribution is 5.97. The van der Waals surface area contributed by atoms with Crippen LogP contribution < -0.4 is 5.32 Å². The number of nitrogens with zero attached hydrogens (tertiary/aromatic N) is 4. The molecular weight excluding hydrogens is 340 g/mol. The number of benzene rings is 1. The quantitative estimate of drug-likeness (QED) is 0.731. The first-order valence-electron chi connectivity index (χ1n) is 9.29. The summed E-state index contributed by atoms with van der Waals surface area (Å²) in [4.78, 5) is 26.1. The van der Waals surface area contributed by atoms with Gasteiger partial charge >= 0.3 is 0 Å². The van der Waals surface area contributed by atoms with E-state index in [2.05, 4.69) is 38.5 Å². The maximum absolute atomic E-state index is 12.5. The van der Waals surface area contributed by atoms with Crippen molar-refractivity contribution < 1.29 is 4.79 Å². The van der Waals surface area contributed by atoms with Gasteiger partial charge in [0.2, 0.25) is 5.91 Å². The highest BCUT2D eigenvalue weighted by atomic mass is 16.2. The number of hydrogen-bond acceptors (Lipinski definition) is 5. The number of aryl methyl sites for hydroxylation is 1. The van der Waals surface area contributed by atoms with Gasteiger partial charge in [-0.1, -0.05) is 25.0 Å². The maximum Gasteiger partial charge on any atom is 0.232 e. The van der Waals surface area contributed by atoms with Crippen LogP contribution in [0.5, 0.6) is 0 Å². The summed E-state index contributed by atoms with van der Waals surface area (Å²) >= 11 is 0. The molecule has 1 spiro atoms. The highest BCUT2D eigenvalue weighted by Gasteiger charge is 2.45. The summed E-state index contributed by atoms with van der Waals surface area (Å²) in [6.45, 7) is 2.05. The van der Waals surface area contributed by atoms with Gasteiger partial charge in [0.15, 0.2) is 11.6 Å². The molecule has 0 atom stereocenters. The predicted octanol–water partition coefficient (Wildman–Crippen LogP) is 3.29. The number of hydrogen-bond donors (Lipinski definition) is 2. The van der Waals surface area contributed by atoms with Crippen LogP contribution in [0.15, 0.2) is 30.7 Å². The van der Waals surface area contributed by atoms with Crippen molar-refractivity contribution in [1.82, 2.24) is 25.1 Å². The molecule has 0 unspecified atom stereocenters. The normalized spacial score (nSPS) is 17.7. The lowest BCUT2D eigenvalue weighted by Crippen LogP contribution is -2.40. The second kappa shape index (κ2) is 5.97. The third-order valence-electron chi connectivity index (χ3n) is 5.82. The molecule has 1 aliphatic carbocycles. The number of amides is 1. The average Bonchev–Trinajstić information content (AvgIpc) is 3.35. The predicted molar refractivity (Wildman–Crippen MR) is 101 cm³/mol. The number of aromatic amines is 1. The van der Waals surface area contributed by atoms with Gasteiger partial charge in [0.25, 0.3) is 0 Å². The zero-order valence-electron chi connectivity index (χ0n) is 15.1. The fraction of sp³-hybridized carbons (Fsp3) is 0.350. The third kappa shape index (κ3) is 2.61. The minimum Gasteiger partial charge on any atom is -0.309 e. The van der Waals surface area contributed by atoms with Crippen molar-refractivity contribution in [2.75, 3.05) is 5.32 Å². The van der Waals surface area contributed by atoms with E-state index in [0.29, 0.717) is 12.2 Å². The molecule has 7 nitrogen and oxygen atoms in total. The van der Waals surface area contributed by atoms with E-state index in [1.165, 1.54) is 6.33 Å². The molecule has 2 aromatic heterocycles. The Morgan fingerprint density at radius 1 is 1.15 bits per heavy atom. The number of rotatable bonds is 2. The lowest BCUT2D eigenvalue weighted by Gasteiger charge is -2.32. The fourth-order valence-corrected chi connectivity index (χ4v) is 4.32. The van der Waals surface area contributed by atoms with Crippen molar-refractivity contribution >= 4 is 11.7 Å². The largest absolute Gasteiger partial charge is 0.309 e. The molecule has 27 heavy (non-hydrogen) atoms. The third-order valence-corrected chi connectivity index (χ3v) is 5.82. The van der Waals surface area contributed by atoms with Crippen LogP contribution in [0.3, 0.4) is 0 Å². The molecule has 1 aliphatic heterocycles. The number of H-pyrrole nitrogens is 1. The number of fused-ring (bicyclic) bond motifs is 1. The van der Waals surface area contributed by atoms with Gasteiger partial charge in [-0.05, 0) is 31.4 Å². The van der Waals surface area contributed by atoms with E-state index in [1.54, 1.807) is 6.20 Å². The molecule has 0 bridgehead atoms. The van der Waals surface area contributed by atoms with Crippen LogP contribution in [0, 0.1) is 12.3 Å². The van der Waals surface area contributed by atoms with E-state index in [-0.39, 0.29) is 11.3 Å². The monoisotopic (exact) mass is 360 g/mol. The molecular formula is C20H20N6O. The molecule has 136 valence electrons. The summed E-state index contributed by atoms with van der Waals surface area (Å²) < 4.78 is 0. The summed E-state index contributed by atoms with van der Waals surface area (Å²) in [7, 11) is 0. The summed E-state index contributed by atoms with van der Waals surface area (Å²) in [5.41, 5.74) is 4.55. The smallest absolute Gasteiger partial charge is 0.232 e. The minimum atomic E-state index is -0.286. The van der Waals surface area contributed by atoms with E-state index in [9.17, 15) is 4.79 Å². The van der Waals surface area contributed by atoms with Gasteiger partial charge in [0, 0.05) is 17.5 Å². The molecule has 0 saturated heterocycles. The Hall–Kier alpha value is -3.09. The van der Waals surface area contributed by atoms with Crippen LogP contribution in [-0.2, 0) is 11.2 Å². The number of aromatic nitrogens is 5. The van der Waals surface area contributed by atoms with Crippen molar-refractivity contribution in [3.8, 4) is 22.6 Å². The second-order valence-electron chi connectivity index (χ2n) is 7.53. The van der Waals surface area contributed by atoms with Gasteiger partial charge < -0.3 is 5.32 Å². The van der Waals surface area contributed by atoms with Crippen LogP contribution in [0.2, 0.25) is 0 Å². The van der Waals surface area contributed by atoms with Crippen molar-refractivity contribution in [3.05, 3.63) is 42.0 Å². The molecule has 3 heterocycles. The maximum atomic E-state index is 12.5. The first-order chi connectivity index (χ1) is 13.1. The Kier molecular flexibility index (Phi) is 3.56. The number of carbonyl (C=O) groups excluding carboxylic acids is 1.